The zero-order chi connectivity index (χ0) is 28.3. The summed E-state index contributed by atoms with van der Waals surface area (Å²) in [4.78, 5) is 35.7. The van der Waals surface area contributed by atoms with Gasteiger partial charge in [-0.3, -0.25) is 9.88 Å². The molecule has 0 N–H and O–H groups in total. The van der Waals surface area contributed by atoms with Crippen LogP contribution in [0.4, 0.5) is 14.9 Å². The fourth-order valence-electron chi connectivity index (χ4n) is 4.49. The molecule has 208 valence electrons. The van der Waals surface area contributed by atoms with E-state index in [1.165, 1.54) is 41.7 Å². The van der Waals surface area contributed by atoms with Gasteiger partial charge in [-0.05, 0) is 30.3 Å². The number of anilines is 1. The van der Waals surface area contributed by atoms with Crippen LogP contribution in [-0.4, -0.2) is 63.1 Å². The Kier molecular flexibility index (Phi) is 6.93. The minimum absolute atomic E-state index is 0.0546. The number of oxime groups is 1. The van der Waals surface area contributed by atoms with E-state index < -0.39 is 30.1 Å². The zero-order valence-electron chi connectivity index (χ0n) is 21.4. The number of carbonyl (C=O) groups excluding carboxylic acids is 2. The standard InChI is InChI=1S/C27H22FN7O6/c28-23-10-19(35-15-21(40-27(35)37)14-33-9-7-30-32-33)4-5-22(23)17-3-6-24(29-12-17)25-11-20(41-31-25)16-39-26(36)18-2-1-8-34(38)13-18/h1-10,12-13,20-21H,11,14-16H2/t20-,21-/m0/s1. The summed E-state index contributed by atoms with van der Waals surface area (Å²) in [6.45, 7) is 0.546. The molecule has 3 aromatic heterocycles. The fraction of sp³-hybridized carbons (Fsp3) is 0.222. The zero-order valence-corrected chi connectivity index (χ0v) is 21.4. The van der Waals surface area contributed by atoms with Crippen LogP contribution in [0.1, 0.15) is 22.5 Å². The van der Waals surface area contributed by atoms with Crippen molar-refractivity contribution in [2.75, 3.05) is 18.1 Å². The van der Waals surface area contributed by atoms with Gasteiger partial charge < -0.3 is 19.5 Å². The first kappa shape index (κ1) is 25.9. The van der Waals surface area contributed by atoms with Gasteiger partial charge >= 0.3 is 12.1 Å². The summed E-state index contributed by atoms with van der Waals surface area (Å²) in [6, 6.07) is 10.9. The van der Waals surface area contributed by atoms with E-state index in [1.807, 2.05) is 0 Å². The molecule has 0 saturated carbocycles. The molecule has 0 spiro atoms. The molecule has 4 aromatic rings. The Hall–Kier alpha value is -5.40. The van der Waals surface area contributed by atoms with Crippen LogP contribution in [0.25, 0.3) is 11.1 Å². The van der Waals surface area contributed by atoms with E-state index in [4.69, 9.17) is 14.3 Å². The minimum Gasteiger partial charge on any atom is -0.619 e. The lowest BCUT2D eigenvalue weighted by Crippen LogP contribution is -2.27. The first-order valence-electron chi connectivity index (χ1n) is 12.6. The van der Waals surface area contributed by atoms with Crippen molar-refractivity contribution in [2.24, 2.45) is 5.16 Å². The fourth-order valence-corrected chi connectivity index (χ4v) is 4.49. The summed E-state index contributed by atoms with van der Waals surface area (Å²) < 4.78 is 27.8. The number of amides is 1. The van der Waals surface area contributed by atoms with Gasteiger partial charge in [-0.15, -0.1) is 5.10 Å². The third kappa shape index (κ3) is 5.66. The van der Waals surface area contributed by atoms with Crippen molar-refractivity contribution in [1.82, 2.24) is 20.0 Å². The highest BCUT2D eigenvalue weighted by molar-refractivity contribution is 6.00. The summed E-state index contributed by atoms with van der Waals surface area (Å²) in [6.07, 6.45) is 5.97. The molecule has 0 bridgehead atoms. The number of cyclic esters (lactones) is 1. The predicted octanol–water partition coefficient (Wildman–Crippen LogP) is 2.49. The van der Waals surface area contributed by atoms with E-state index in [0.29, 0.717) is 45.9 Å². The number of carbonyl (C=O) groups is 2. The SMILES string of the molecule is O=C(OC[C@@H]1CC(c2ccc(-c3ccc(N4C[C@H](Cn5ccnn5)OC4=O)cc3F)cn2)=NO1)c1ccc[n+]([O-])c1. The average molecular weight is 560 g/mol. The quantitative estimate of drug-likeness (QED) is 0.180. The highest BCUT2D eigenvalue weighted by Crippen LogP contribution is 2.29. The number of halogens is 1. The van der Waals surface area contributed by atoms with E-state index >= 15 is 4.39 Å². The van der Waals surface area contributed by atoms with Gasteiger partial charge in [-0.1, -0.05) is 16.4 Å². The second kappa shape index (κ2) is 11.0. The van der Waals surface area contributed by atoms with Crippen LogP contribution in [0.3, 0.4) is 0 Å². The number of hydrogen-bond donors (Lipinski definition) is 0. The highest BCUT2D eigenvalue weighted by Gasteiger charge is 2.33. The van der Waals surface area contributed by atoms with Crippen LogP contribution < -0.4 is 9.63 Å². The Morgan fingerprint density at radius 3 is 2.88 bits per heavy atom. The van der Waals surface area contributed by atoms with Crippen molar-refractivity contribution in [3.63, 3.8) is 0 Å². The molecular weight excluding hydrogens is 537 g/mol. The predicted molar refractivity (Wildman–Crippen MR) is 139 cm³/mol. The van der Waals surface area contributed by atoms with Crippen molar-refractivity contribution >= 4 is 23.5 Å². The minimum atomic E-state index is -0.643. The van der Waals surface area contributed by atoms with Crippen molar-refractivity contribution < 1.29 is 33.0 Å². The normalized spacial score (nSPS) is 18.1. The van der Waals surface area contributed by atoms with E-state index in [1.54, 1.807) is 35.1 Å². The smallest absolute Gasteiger partial charge is 0.414 e. The lowest BCUT2D eigenvalue weighted by atomic mass is 10.0. The van der Waals surface area contributed by atoms with Crippen molar-refractivity contribution in [3.8, 4) is 11.1 Å². The lowest BCUT2D eigenvalue weighted by molar-refractivity contribution is -0.605. The van der Waals surface area contributed by atoms with Gasteiger partial charge in [0.25, 0.3) is 0 Å². The maximum absolute atomic E-state index is 15.1. The Morgan fingerprint density at radius 1 is 1.22 bits per heavy atom. The van der Waals surface area contributed by atoms with Crippen LogP contribution in [0.2, 0.25) is 0 Å². The molecule has 41 heavy (non-hydrogen) atoms. The van der Waals surface area contributed by atoms with Gasteiger partial charge in [0, 0.05) is 36.0 Å². The van der Waals surface area contributed by atoms with Crippen molar-refractivity contribution in [1.29, 1.82) is 0 Å². The van der Waals surface area contributed by atoms with E-state index in [9.17, 15) is 14.8 Å². The Labute approximate surface area is 232 Å². The van der Waals surface area contributed by atoms with E-state index in [2.05, 4.69) is 20.5 Å². The number of hydrogen-bond acceptors (Lipinski definition) is 10. The van der Waals surface area contributed by atoms with Crippen molar-refractivity contribution in [2.45, 2.75) is 25.2 Å². The molecule has 5 heterocycles. The van der Waals surface area contributed by atoms with Gasteiger partial charge in [0.2, 0.25) is 0 Å². The molecule has 0 radical (unpaired) electrons. The van der Waals surface area contributed by atoms with Crippen LogP contribution in [0.15, 0.2) is 78.6 Å². The number of pyridine rings is 2. The number of benzene rings is 1. The molecular formula is C27H22FN7O6. The molecule has 13 nitrogen and oxygen atoms in total. The van der Waals surface area contributed by atoms with Crippen LogP contribution in [0, 0.1) is 11.0 Å². The summed E-state index contributed by atoms with van der Waals surface area (Å²) >= 11 is 0. The Bertz CT molecular complexity index is 1610. The van der Waals surface area contributed by atoms with Gasteiger partial charge in [-0.25, -0.2) is 18.7 Å². The molecule has 1 amide bonds. The van der Waals surface area contributed by atoms with Gasteiger partial charge in [0.1, 0.15) is 29.8 Å². The molecule has 0 aliphatic carbocycles. The topological polar surface area (TPSA) is 148 Å². The van der Waals surface area contributed by atoms with E-state index in [-0.39, 0.29) is 18.7 Å². The third-order valence-corrected chi connectivity index (χ3v) is 6.52. The number of rotatable bonds is 8. The summed E-state index contributed by atoms with van der Waals surface area (Å²) in [5, 5.41) is 23.0. The Morgan fingerprint density at radius 2 is 2.12 bits per heavy atom. The number of ether oxygens (including phenoxy) is 2. The summed E-state index contributed by atoms with van der Waals surface area (Å²) in [7, 11) is 0. The first-order chi connectivity index (χ1) is 19.9. The molecule has 1 aromatic carbocycles. The molecule has 2 aliphatic heterocycles. The number of aromatic nitrogens is 5. The largest absolute Gasteiger partial charge is 0.619 e. The molecule has 1 saturated heterocycles. The molecule has 2 aliphatic rings. The average Bonchev–Trinajstić information content (AvgIpc) is 3.74. The second-order valence-corrected chi connectivity index (χ2v) is 9.36. The van der Waals surface area contributed by atoms with Gasteiger partial charge in [-0.2, -0.15) is 4.73 Å². The maximum atomic E-state index is 15.1. The molecule has 6 rings (SSSR count). The van der Waals surface area contributed by atoms with Crippen LogP contribution in [-0.2, 0) is 20.9 Å². The molecule has 1 fully saturated rings. The van der Waals surface area contributed by atoms with Crippen molar-refractivity contribution in [3.05, 3.63) is 95.7 Å². The first-order valence-corrected chi connectivity index (χ1v) is 12.6. The van der Waals surface area contributed by atoms with Crippen LogP contribution in [0.5, 0.6) is 0 Å². The van der Waals surface area contributed by atoms with Gasteiger partial charge in [0.05, 0.1) is 30.7 Å². The Balaban J connectivity index is 1.05. The van der Waals surface area contributed by atoms with Crippen LogP contribution >= 0.6 is 0 Å². The monoisotopic (exact) mass is 559 g/mol. The summed E-state index contributed by atoms with van der Waals surface area (Å²) in [5.41, 5.74) is 2.45. The highest BCUT2D eigenvalue weighted by atomic mass is 19.1. The molecule has 14 heteroatoms. The second-order valence-electron chi connectivity index (χ2n) is 9.36. The lowest BCUT2D eigenvalue weighted by Gasteiger charge is -2.14. The number of nitrogens with zero attached hydrogens (tertiary/aromatic N) is 7. The molecule has 2 atom stereocenters. The summed E-state index contributed by atoms with van der Waals surface area (Å²) in [5.74, 6) is -1.16. The van der Waals surface area contributed by atoms with E-state index in [0.717, 1.165) is 6.20 Å². The molecule has 0 unspecified atom stereocenters. The number of esters is 1. The maximum Gasteiger partial charge on any atom is 0.414 e. The third-order valence-electron chi connectivity index (χ3n) is 6.52. The van der Waals surface area contributed by atoms with Gasteiger partial charge in [0.15, 0.2) is 18.5 Å².